The molecule has 1 N–H and O–H groups in total. The van der Waals surface area contributed by atoms with Gasteiger partial charge in [-0.25, -0.2) is 0 Å². The summed E-state index contributed by atoms with van der Waals surface area (Å²) in [5, 5.41) is 7.61. The summed E-state index contributed by atoms with van der Waals surface area (Å²) >= 11 is 0. The molecule has 0 aliphatic rings. The van der Waals surface area contributed by atoms with Crippen LogP contribution in [-0.2, 0) is 13.5 Å². The second-order valence-corrected chi connectivity index (χ2v) is 4.75. The number of nitrogens with zero attached hydrogens (tertiary/aromatic N) is 2. The lowest BCUT2D eigenvalue weighted by molar-refractivity contribution is 0.397. The Hall–Kier alpha value is -1.81. The fourth-order valence-electron chi connectivity index (χ4n) is 2.28. The van der Waals surface area contributed by atoms with Crippen molar-refractivity contribution in [1.82, 2.24) is 15.1 Å². The molecule has 0 saturated heterocycles. The highest BCUT2D eigenvalue weighted by Crippen LogP contribution is 2.26. The number of hydrogen-bond acceptors (Lipinski definition) is 3. The summed E-state index contributed by atoms with van der Waals surface area (Å²) in [7, 11) is 5.59. The third-order valence-corrected chi connectivity index (χ3v) is 3.41. The van der Waals surface area contributed by atoms with Crippen LogP contribution in [0.25, 0.3) is 0 Å². The van der Waals surface area contributed by atoms with Crippen molar-refractivity contribution in [2.75, 3.05) is 14.2 Å². The van der Waals surface area contributed by atoms with Gasteiger partial charge >= 0.3 is 0 Å². The average molecular weight is 259 g/mol. The Morgan fingerprint density at radius 1 is 1.32 bits per heavy atom. The molecule has 4 nitrogen and oxygen atoms in total. The Labute approximate surface area is 114 Å². The number of likely N-dealkylation sites (N-methyl/N-ethyl adjacent to an activating group) is 1. The molecule has 1 aromatic carbocycles. The minimum atomic E-state index is 0.185. The second kappa shape index (κ2) is 5.89. The van der Waals surface area contributed by atoms with Gasteiger partial charge in [-0.3, -0.25) is 4.68 Å². The molecule has 0 fully saturated rings. The highest BCUT2D eigenvalue weighted by molar-refractivity contribution is 5.30. The summed E-state index contributed by atoms with van der Waals surface area (Å²) in [4.78, 5) is 0. The van der Waals surface area contributed by atoms with Gasteiger partial charge in [0.1, 0.15) is 0 Å². The van der Waals surface area contributed by atoms with E-state index in [0.29, 0.717) is 0 Å². The van der Waals surface area contributed by atoms with Crippen molar-refractivity contribution in [2.24, 2.45) is 7.05 Å². The van der Waals surface area contributed by atoms with Crippen molar-refractivity contribution >= 4 is 0 Å². The number of aryl methyl sites for hydroxylation is 2. The molecule has 1 unspecified atom stereocenters. The molecule has 4 heteroatoms. The summed E-state index contributed by atoms with van der Waals surface area (Å²) in [6, 6.07) is 8.81. The Balaban J connectivity index is 2.24. The Morgan fingerprint density at radius 3 is 2.58 bits per heavy atom. The van der Waals surface area contributed by atoms with Crippen LogP contribution in [0.2, 0.25) is 0 Å². The molecular weight excluding hydrogens is 238 g/mol. The zero-order chi connectivity index (χ0) is 13.8. The van der Waals surface area contributed by atoms with E-state index >= 15 is 0 Å². The van der Waals surface area contributed by atoms with Crippen molar-refractivity contribution in [3.63, 3.8) is 0 Å². The molecule has 0 radical (unpaired) electrons. The molecular formula is C15H21N3O. The van der Waals surface area contributed by atoms with E-state index in [2.05, 4.69) is 41.6 Å². The van der Waals surface area contributed by atoms with Crippen LogP contribution in [0.5, 0.6) is 5.75 Å². The van der Waals surface area contributed by atoms with Gasteiger partial charge in [-0.2, -0.15) is 5.10 Å². The molecule has 0 aliphatic carbocycles. The molecule has 1 aromatic heterocycles. The summed E-state index contributed by atoms with van der Waals surface area (Å²) in [5.74, 6) is 0.828. The van der Waals surface area contributed by atoms with Gasteiger partial charge in [0.25, 0.3) is 0 Å². The van der Waals surface area contributed by atoms with Gasteiger partial charge in [-0.15, -0.1) is 0 Å². The molecule has 102 valence electrons. The minimum absolute atomic E-state index is 0.185. The predicted octanol–water partition coefficient (Wildman–Crippen LogP) is 2.24. The lowest BCUT2D eigenvalue weighted by atomic mass is 10.0. The van der Waals surface area contributed by atoms with Gasteiger partial charge < -0.3 is 10.1 Å². The summed E-state index contributed by atoms with van der Waals surface area (Å²) in [5.41, 5.74) is 3.65. The summed E-state index contributed by atoms with van der Waals surface area (Å²) in [6.07, 6.45) is 2.67. The van der Waals surface area contributed by atoms with Crippen LogP contribution in [0.3, 0.4) is 0 Å². The van der Waals surface area contributed by atoms with Crippen LogP contribution in [-0.4, -0.2) is 23.9 Å². The van der Waals surface area contributed by atoms with Crippen LogP contribution in [0.1, 0.15) is 22.9 Å². The number of nitrogens with one attached hydrogen (secondary N) is 1. The predicted molar refractivity (Wildman–Crippen MR) is 76.4 cm³/mol. The van der Waals surface area contributed by atoms with Crippen molar-refractivity contribution < 1.29 is 4.74 Å². The molecule has 1 atom stereocenters. The fourth-order valence-corrected chi connectivity index (χ4v) is 2.28. The van der Waals surface area contributed by atoms with Crippen LogP contribution in [0.15, 0.2) is 30.5 Å². The topological polar surface area (TPSA) is 39.1 Å². The monoisotopic (exact) mass is 259 g/mol. The van der Waals surface area contributed by atoms with Gasteiger partial charge in [0, 0.05) is 7.05 Å². The zero-order valence-corrected chi connectivity index (χ0v) is 12.0. The number of aromatic nitrogens is 2. The molecule has 0 amide bonds. The first-order valence-corrected chi connectivity index (χ1v) is 6.44. The molecule has 0 spiro atoms. The number of benzene rings is 1. The fraction of sp³-hybridized carbons (Fsp3) is 0.400. The smallest absolute Gasteiger partial charge is 0.161 e. The molecule has 0 aliphatic heterocycles. The van der Waals surface area contributed by atoms with Gasteiger partial charge in [-0.05, 0) is 26.0 Å². The largest absolute Gasteiger partial charge is 0.493 e. The van der Waals surface area contributed by atoms with E-state index in [4.69, 9.17) is 4.74 Å². The van der Waals surface area contributed by atoms with E-state index in [1.165, 1.54) is 11.1 Å². The lowest BCUT2D eigenvalue weighted by Crippen LogP contribution is -2.22. The van der Waals surface area contributed by atoms with Gasteiger partial charge in [-0.1, -0.05) is 29.8 Å². The molecule has 0 saturated carbocycles. The van der Waals surface area contributed by atoms with E-state index in [9.17, 15) is 0 Å². The highest BCUT2D eigenvalue weighted by atomic mass is 16.5. The lowest BCUT2D eigenvalue weighted by Gasteiger charge is -2.18. The first-order valence-electron chi connectivity index (χ1n) is 6.44. The maximum absolute atomic E-state index is 5.38. The Morgan fingerprint density at radius 2 is 2.00 bits per heavy atom. The normalized spacial score (nSPS) is 12.4. The zero-order valence-electron chi connectivity index (χ0n) is 12.0. The maximum atomic E-state index is 5.38. The van der Waals surface area contributed by atoms with Crippen LogP contribution in [0.4, 0.5) is 0 Å². The summed E-state index contributed by atoms with van der Waals surface area (Å²) in [6.45, 7) is 2.10. The number of rotatable bonds is 5. The van der Waals surface area contributed by atoms with Gasteiger partial charge in [0.15, 0.2) is 5.75 Å². The van der Waals surface area contributed by atoms with Crippen molar-refractivity contribution in [3.8, 4) is 5.75 Å². The van der Waals surface area contributed by atoms with Crippen molar-refractivity contribution in [1.29, 1.82) is 0 Å². The highest BCUT2D eigenvalue weighted by Gasteiger charge is 2.19. The van der Waals surface area contributed by atoms with E-state index in [-0.39, 0.29) is 6.04 Å². The molecule has 0 bridgehead atoms. The average Bonchev–Trinajstić information content (AvgIpc) is 2.79. The second-order valence-electron chi connectivity index (χ2n) is 4.75. The number of methoxy groups -OCH3 is 1. The summed E-state index contributed by atoms with van der Waals surface area (Å²) < 4.78 is 7.25. The number of ether oxygens (including phenoxy) is 1. The van der Waals surface area contributed by atoms with Gasteiger partial charge in [0.05, 0.1) is 25.0 Å². The molecule has 1 heterocycles. The number of hydrogen-bond donors (Lipinski definition) is 1. The van der Waals surface area contributed by atoms with Crippen LogP contribution in [0, 0.1) is 6.92 Å². The maximum Gasteiger partial charge on any atom is 0.161 e. The van der Waals surface area contributed by atoms with Crippen molar-refractivity contribution in [2.45, 2.75) is 19.4 Å². The van der Waals surface area contributed by atoms with Gasteiger partial charge in [0.2, 0.25) is 0 Å². The van der Waals surface area contributed by atoms with Crippen LogP contribution >= 0.6 is 0 Å². The van der Waals surface area contributed by atoms with E-state index < -0.39 is 0 Å². The Kier molecular flexibility index (Phi) is 4.22. The SMILES string of the molecule is CNC(Cc1ccc(C)cc1)c1c(OC)cnn1C. The first kappa shape index (κ1) is 13.6. The quantitative estimate of drug-likeness (QED) is 0.895. The first-order chi connectivity index (χ1) is 9.15. The Bertz CT molecular complexity index is 531. The standard InChI is InChI=1S/C15H21N3O/c1-11-5-7-12(8-6-11)9-13(16-2)15-14(19-4)10-17-18(15)3/h5-8,10,13,16H,9H2,1-4H3. The van der Waals surface area contributed by atoms with Crippen molar-refractivity contribution in [3.05, 3.63) is 47.3 Å². The van der Waals surface area contributed by atoms with Crippen LogP contribution < -0.4 is 10.1 Å². The molecule has 2 aromatic rings. The van der Waals surface area contributed by atoms with E-state index in [1.54, 1.807) is 13.3 Å². The van der Waals surface area contributed by atoms with E-state index in [1.807, 2.05) is 18.8 Å². The third-order valence-electron chi connectivity index (χ3n) is 3.41. The third kappa shape index (κ3) is 2.96. The molecule has 19 heavy (non-hydrogen) atoms. The minimum Gasteiger partial charge on any atom is -0.493 e. The molecule has 2 rings (SSSR count). The van der Waals surface area contributed by atoms with E-state index in [0.717, 1.165) is 17.9 Å².